The van der Waals surface area contributed by atoms with Crippen molar-refractivity contribution in [3.8, 4) is 5.88 Å². The first-order chi connectivity index (χ1) is 12.5. The number of halogens is 1. The molecule has 2 aliphatic rings. The molecule has 1 spiro atoms. The Bertz CT molecular complexity index is 886. The molecule has 26 heavy (non-hydrogen) atoms. The zero-order chi connectivity index (χ0) is 18.2. The van der Waals surface area contributed by atoms with E-state index in [1.807, 2.05) is 18.2 Å². The predicted octanol–water partition coefficient (Wildman–Crippen LogP) is 1.68. The van der Waals surface area contributed by atoms with Crippen LogP contribution < -0.4 is 4.74 Å². The second kappa shape index (κ2) is 6.59. The Morgan fingerprint density at radius 1 is 1.19 bits per heavy atom. The monoisotopic (exact) mass is 377 g/mol. The van der Waals surface area contributed by atoms with Crippen LogP contribution >= 0.6 is 0 Å². The number of likely N-dealkylation sites (tertiary alicyclic amines) is 1. The van der Waals surface area contributed by atoms with Crippen LogP contribution in [0.25, 0.3) is 0 Å². The van der Waals surface area contributed by atoms with Crippen LogP contribution in [0.1, 0.15) is 12.1 Å². The number of hydrogen-bond donors (Lipinski definition) is 0. The van der Waals surface area contributed by atoms with E-state index in [1.54, 1.807) is 6.20 Å². The van der Waals surface area contributed by atoms with Crippen LogP contribution in [0, 0.1) is 11.7 Å². The van der Waals surface area contributed by atoms with Gasteiger partial charge in [0.1, 0.15) is 4.75 Å². The number of ether oxygens (including phenoxy) is 1. The summed E-state index contributed by atoms with van der Waals surface area (Å²) in [6.07, 6.45) is 3.72. The van der Waals surface area contributed by atoms with E-state index in [4.69, 9.17) is 4.74 Å². The highest BCUT2D eigenvalue weighted by atomic mass is 32.2. The molecule has 8 heteroatoms. The van der Waals surface area contributed by atoms with Crippen molar-refractivity contribution in [1.82, 2.24) is 14.9 Å². The van der Waals surface area contributed by atoms with Crippen LogP contribution in [0.2, 0.25) is 0 Å². The van der Waals surface area contributed by atoms with Crippen molar-refractivity contribution in [2.45, 2.75) is 17.7 Å². The van der Waals surface area contributed by atoms with Crippen molar-refractivity contribution in [2.24, 2.45) is 5.92 Å². The summed E-state index contributed by atoms with van der Waals surface area (Å²) in [6, 6.07) is 8.47. The summed E-state index contributed by atoms with van der Waals surface area (Å²) < 4.78 is 43.7. The third-order valence-electron chi connectivity index (χ3n) is 5.34. The Labute approximate surface area is 151 Å². The molecule has 2 saturated heterocycles. The van der Waals surface area contributed by atoms with Gasteiger partial charge in [0.05, 0.1) is 18.1 Å². The smallest absolute Gasteiger partial charge is 0.250 e. The van der Waals surface area contributed by atoms with Gasteiger partial charge in [0, 0.05) is 37.9 Å². The van der Waals surface area contributed by atoms with E-state index in [2.05, 4.69) is 14.9 Å². The molecule has 2 aromatic heterocycles. The maximum Gasteiger partial charge on any atom is 0.250 e. The quantitative estimate of drug-likeness (QED) is 0.790. The number of aromatic nitrogens is 2. The number of nitrogens with zero attached hydrogens (tertiary/aromatic N) is 3. The van der Waals surface area contributed by atoms with Gasteiger partial charge >= 0.3 is 0 Å². The van der Waals surface area contributed by atoms with Gasteiger partial charge in [-0.25, -0.2) is 17.8 Å². The van der Waals surface area contributed by atoms with Crippen molar-refractivity contribution in [2.75, 3.05) is 25.4 Å². The number of hydrogen-bond acceptors (Lipinski definition) is 6. The van der Waals surface area contributed by atoms with E-state index in [9.17, 15) is 12.8 Å². The van der Waals surface area contributed by atoms with Crippen molar-refractivity contribution >= 4 is 9.84 Å². The molecule has 0 aliphatic carbocycles. The van der Waals surface area contributed by atoms with Crippen LogP contribution in [-0.4, -0.2) is 53.5 Å². The Morgan fingerprint density at radius 2 is 2.00 bits per heavy atom. The minimum absolute atomic E-state index is 0.0726. The second-order valence-electron chi connectivity index (χ2n) is 6.94. The summed E-state index contributed by atoms with van der Waals surface area (Å²) >= 11 is 0. The van der Waals surface area contributed by atoms with Gasteiger partial charge in [-0.3, -0.25) is 9.88 Å². The fourth-order valence-corrected chi connectivity index (χ4v) is 6.36. The summed E-state index contributed by atoms with van der Waals surface area (Å²) in [5.74, 6) is -0.610. The SMILES string of the molecule is O=S1(=O)CCC(COc2ncccc2F)C12CN(Cc1ccccn1)C2. The maximum absolute atomic E-state index is 13.7. The largest absolute Gasteiger partial charge is 0.475 e. The molecule has 2 aliphatic heterocycles. The molecule has 6 nitrogen and oxygen atoms in total. The normalized spacial score (nSPS) is 23.7. The zero-order valence-electron chi connectivity index (χ0n) is 14.2. The Balaban J connectivity index is 1.44. The second-order valence-corrected chi connectivity index (χ2v) is 9.39. The van der Waals surface area contributed by atoms with Gasteiger partial charge in [0.15, 0.2) is 15.7 Å². The third kappa shape index (κ3) is 2.97. The molecule has 0 radical (unpaired) electrons. The van der Waals surface area contributed by atoms with Crippen LogP contribution in [-0.2, 0) is 16.4 Å². The molecule has 0 saturated carbocycles. The first kappa shape index (κ1) is 17.4. The zero-order valence-corrected chi connectivity index (χ0v) is 15.0. The molecule has 0 N–H and O–H groups in total. The number of rotatable bonds is 5. The molecule has 0 bridgehead atoms. The summed E-state index contributed by atoms with van der Waals surface area (Å²) in [4.78, 5) is 10.2. The minimum atomic E-state index is -3.19. The standard InChI is InChI=1S/C18H20FN3O3S/c19-16-5-3-8-21-17(16)25-11-14-6-9-26(23,24)18(14)12-22(13-18)10-15-4-1-2-7-20-15/h1-5,7-8,14H,6,9-13H2. The highest BCUT2D eigenvalue weighted by Crippen LogP contribution is 2.45. The molecular weight excluding hydrogens is 357 g/mol. The van der Waals surface area contributed by atoms with Crippen molar-refractivity contribution in [1.29, 1.82) is 0 Å². The molecule has 2 aromatic rings. The van der Waals surface area contributed by atoms with E-state index in [-0.39, 0.29) is 24.2 Å². The lowest BCUT2D eigenvalue weighted by molar-refractivity contribution is 0.0564. The van der Waals surface area contributed by atoms with Gasteiger partial charge in [-0.15, -0.1) is 0 Å². The average molecular weight is 377 g/mol. The lowest BCUT2D eigenvalue weighted by atomic mass is 9.83. The van der Waals surface area contributed by atoms with Gasteiger partial charge in [-0.1, -0.05) is 6.07 Å². The third-order valence-corrected chi connectivity index (χ3v) is 7.94. The van der Waals surface area contributed by atoms with Crippen LogP contribution in [0.5, 0.6) is 5.88 Å². The van der Waals surface area contributed by atoms with Gasteiger partial charge in [-0.2, -0.15) is 0 Å². The first-order valence-electron chi connectivity index (χ1n) is 8.58. The highest BCUT2D eigenvalue weighted by molar-refractivity contribution is 7.93. The van der Waals surface area contributed by atoms with Crippen molar-refractivity contribution < 1.29 is 17.5 Å². The van der Waals surface area contributed by atoms with E-state index in [0.717, 1.165) is 5.69 Å². The summed E-state index contributed by atoms with van der Waals surface area (Å²) in [7, 11) is -3.19. The highest BCUT2D eigenvalue weighted by Gasteiger charge is 2.61. The maximum atomic E-state index is 13.7. The lowest BCUT2D eigenvalue weighted by Gasteiger charge is -2.49. The van der Waals surface area contributed by atoms with Gasteiger partial charge in [-0.05, 0) is 30.7 Å². The topological polar surface area (TPSA) is 72.4 Å². The Morgan fingerprint density at radius 3 is 2.73 bits per heavy atom. The van der Waals surface area contributed by atoms with Crippen LogP contribution in [0.4, 0.5) is 4.39 Å². The fourth-order valence-electron chi connectivity index (χ4n) is 3.91. The predicted molar refractivity (Wildman–Crippen MR) is 93.8 cm³/mol. The molecule has 4 heterocycles. The summed E-state index contributed by atoms with van der Waals surface area (Å²) in [5, 5.41) is 0. The van der Waals surface area contributed by atoms with E-state index in [1.165, 1.54) is 18.3 Å². The van der Waals surface area contributed by atoms with Crippen molar-refractivity contribution in [3.05, 3.63) is 54.2 Å². The van der Waals surface area contributed by atoms with E-state index in [0.29, 0.717) is 26.1 Å². The molecule has 0 aromatic carbocycles. The van der Waals surface area contributed by atoms with Gasteiger partial charge in [0.2, 0.25) is 5.88 Å². The van der Waals surface area contributed by atoms with Gasteiger partial charge < -0.3 is 4.74 Å². The molecular formula is C18H20FN3O3S. The summed E-state index contributed by atoms with van der Waals surface area (Å²) in [6.45, 7) is 1.71. The lowest BCUT2D eigenvalue weighted by Crippen LogP contribution is -2.67. The first-order valence-corrected chi connectivity index (χ1v) is 10.2. The van der Waals surface area contributed by atoms with Crippen molar-refractivity contribution in [3.63, 3.8) is 0 Å². The molecule has 1 atom stereocenters. The molecule has 138 valence electrons. The summed E-state index contributed by atoms with van der Waals surface area (Å²) in [5.41, 5.74) is 0.918. The molecule has 1 unspecified atom stereocenters. The molecule has 4 rings (SSSR count). The van der Waals surface area contributed by atoms with E-state index >= 15 is 0 Å². The molecule has 2 fully saturated rings. The average Bonchev–Trinajstić information content (AvgIpc) is 2.86. The van der Waals surface area contributed by atoms with Crippen LogP contribution in [0.15, 0.2) is 42.7 Å². The molecule has 0 amide bonds. The Hall–Kier alpha value is -2.06. The van der Waals surface area contributed by atoms with Crippen LogP contribution in [0.3, 0.4) is 0 Å². The van der Waals surface area contributed by atoms with E-state index < -0.39 is 20.4 Å². The Kier molecular flexibility index (Phi) is 4.40. The fraction of sp³-hybridized carbons (Fsp3) is 0.444. The number of sulfone groups is 1. The number of pyridine rings is 2. The minimum Gasteiger partial charge on any atom is -0.475 e. The van der Waals surface area contributed by atoms with Gasteiger partial charge in [0.25, 0.3) is 0 Å².